The quantitative estimate of drug-likeness (QED) is 0.0913. The Morgan fingerprint density at radius 1 is 0.955 bits per heavy atom. The van der Waals surface area contributed by atoms with Gasteiger partial charge in [-0.25, -0.2) is 10.8 Å². The molecule has 11 nitrogen and oxygen atoms in total. The molecule has 0 spiro atoms. The number of carbonyl (C=O) groups excluding carboxylic acids is 2. The molecule has 2 amide bonds. The highest BCUT2D eigenvalue weighted by Gasteiger charge is 2.33. The summed E-state index contributed by atoms with van der Waals surface area (Å²) in [6.45, 7) is 4.39. The third-order valence-corrected chi connectivity index (χ3v) is 8.43. The van der Waals surface area contributed by atoms with E-state index in [4.69, 9.17) is 10.8 Å². The normalized spacial score (nSPS) is 16.0. The second-order valence-corrected chi connectivity index (χ2v) is 11.5. The average molecular weight is 598 g/mol. The zero-order valence-corrected chi connectivity index (χ0v) is 25.7. The number of carbonyl (C=O) groups is 2. The Labute approximate surface area is 258 Å². The summed E-state index contributed by atoms with van der Waals surface area (Å²) in [5.41, 5.74) is 8.68. The fourth-order valence-electron chi connectivity index (χ4n) is 6.18. The van der Waals surface area contributed by atoms with Crippen LogP contribution < -0.4 is 16.6 Å². The molecule has 0 saturated heterocycles. The van der Waals surface area contributed by atoms with E-state index in [0.717, 1.165) is 91.7 Å². The lowest BCUT2D eigenvalue weighted by Crippen LogP contribution is -2.36. The Kier molecular flexibility index (Phi) is 10.5. The van der Waals surface area contributed by atoms with Crippen molar-refractivity contribution in [3.63, 3.8) is 0 Å². The number of aromatic nitrogens is 6. The van der Waals surface area contributed by atoms with Crippen LogP contribution in [-0.2, 0) is 28.9 Å². The SMILES string of the molecule is CCCCc1nc(CCCC)n2c1C(NC(=O)CCC(=O)NN)CCC2Cc1ccc(-c2ccccc2-c2nn[nH]n2)cc1. The molecule has 44 heavy (non-hydrogen) atoms. The predicted molar refractivity (Wildman–Crippen MR) is 169 cm³/mol. The molecule has 11 heteroatoms. The summed E-state index contributed by atoms with van der Waals surface area (Å²) in [5, 5.41) is 17.9. The number of aryl methyl sites for hydroxylation is 2. The summed E-state index contributed by atoms with van der Waals surface area (Å²) in [6, 6.07) is 16.9. The number of nitrogens with one attached hydrogen (secondary N) is 3. The van der Waals surface area contributed by atoms with Gasteiger partial charge in [-0.2, -0.15) is 5.21 Å². The largest absolute Gasteiger partial charge is 0.348 e. The Bertz CT molecular complexity index is 1530. The van der Waals surface area contributed by atoms with Crippen LogP contribution in [0.25, 0.3) is 22.5 Å². The van der Waals surface area contributed by atoms with Crippen LogP contribution in [0.3, 0.4) is 0 Å². The van der Waals surface area contributed by atoms with E-state index in [1.54, 1.807) is 0 Å². The molecule has 0 bridgehead atoms. The fraction of sp³-hybridized carbons (Fsp3) is 0.455. The van der Waals surface area contributed by atoms with Crippen LogP contribution in [0, 0.1) is 0 Å². The number of nitrogens with zero attached hydrogens (tertiary/aromatic N) is 5. The van der Waals surface area contributed by atoms with Gasteiger partial charge in [0.25, 0.3) is 0 Å². The van der Waals surface area contributed by atoms with Crippen LogP contribution in [0.5, 0.6) is 0 Å². The van der Waals surface area contributed by atoms with Crippen molar-refractivity contribution in [1.82, 2.24) is 40.9 Å². The van der Waals surface area contributed by atoms with Gasteiger partial charge in [-0.15, -0.1) is 10.2 Å². The van der Waals surface area contributed by atoms with Crippen molar-refractivity contribution in [2.75, 3.05) is 0 Å². The minimum atomic E-state index is -0.344. The Morgan fingerprint density at radius 3 is 2.39 bits per heavy atom. The van der Waals surface area contributed by atoms with Gasteiger partial charge in [0.2, 0.25) is 17.6 Å². The van der Waals surface area contributed by atoms with E-state index in [2.05, 4.69) is 80.1 Å². The van der Waals surface area contributed by atoms with Crippen LogP contribution in [0.15, 0.2) is 48.5 Å². The van der Waals surface area contributed by atoms with Crippen LogP contribution in [-0.4, -0.2) is 42.0 Å². The van der Waals surface area contributed by atoms with Gasteiger partial charge in [-0.05, 0) is 60.4 Å². The van der Waals surface area contributed by atoms with Crippen LogP contribution in [0.2, 0.25) is 0 Å². The molecule has 2 aromatic heterocycles. The zero-order chi connectivity index (χ0) is 30.9. The maximum Gasteiger partial charge on any atom is 0.234 e. The van der Waals surface area contributed by atoms with Crippen molar-refractivity contribution < 1.29 is 9.59 Å². The Balaban J connectivity index is 1.41. The number of hydrogen-bond acceptors (Lipinski definition) is 7. The molecule has 0 saturated carbocycles. The van der Waals surface area contributed by atoms with Crippen molar-refractivity contribution in [2.24, 2.45) is 5.84 Å². The monoisotopic (exact) mass is 597 g/mol. The minimum Gasteiger partial charge on any atom is -0.348 e. The molecule has 1 aliphatic rings. The standard InChI is InChI=1S/C33H43N9O2/c1-3-5-11-27-32-28(36-30(43)19-20-31(44)37-34)18-17-24(42(32)29(35-27)12-6-4-2)21-22-13-15-23(16-14-22)25-9-7-8-10-26(25)33-38-40-41-39-33/h7-10,13-16,24,28H,3-6,11-12,17-21,34H2,1-2H3,(H,36,43)(H,37,44)(H,38,39,40,41). The predicted octanol–water partition coefficient (Wildman–Crippen LogP) is 4.92. The topological polar surface area (TPSA) is 156 Å². The lowest BCUT2D eigenvalue weighted by molar-refractivity contribution is -0.127. The summed E-state index contributed by atoms with van der Waals surface area (Å²) < 4.78 is 2.45. The first-order chi connectivity index (χ1) is 21.5. The molecule has 0 aliphatic carbocycles. The van der Waals surface area contributed by atoms with Crippen LogP contribution in [0.1, 0.15) is 100 Å². The highest BCUT2D eigenvalue weighted by atomic mass is 16.2. The molecule has 2 atom stereocenters. The van der Waals surface area contributed by atoms with Gasteiger partial charge in [0, 0.05) is 30.9 Å². The second kappa shape index (κ2) is 14.9. The van der Waals surface area contributed by atoms with Gasteiger partial charge in [0.15, 0.2) is 0 Å². The molecule has 232 valence electrons. The van der Waals surface area contributed by atoms with E-state index < -0.39 is 0 Å². The molecule has 0 fully saturated rings. The third-order valence-electron chi connectivity index (χ3n) is 8.43. The number of fused-ring (bicyclic) bond motifs is 1. The van der Waals surface area contributed by atoms with E-state index in [1.807, 2.05) is 18.2 Å². The second-order valence-electron chi connectivity index (χ2n) is 11.5. The maximum atomic E-state index is 12.9. The van der Waals surface area contributed by atoms with Crippen LogP contribution in [0.4, 0.5) is 0 Å². The number of nitrogens with two attached hydrogens (primary N) is 1. The molecule has 5 N–H and O–H groups in total. The number of H-pyrrole nitrogens is 1. The fourth-order valence-corrected chi connectivity index (χ4v) is 6.18. The minimum absolute atomic E-state index is 0.0664. The van der Waals surface area contributed by atoms with Gasteiger partial charge < -0.3 is 9.88 Å². The zero-order valence-electron chi connectivity index (χ0n) is 25.7. The van der Waals surface area contributed by atoms with Gasteiger partial charge in [0.05, 0.1) is 17.4 Å². The average Bonchev–Trinajstić information content (AvgIpc) is 3.72. The molecular weight excluding hydrogens is 554 g/mol. The molecule has 5 rings (SSSR count). The van der Waals surface area contributed by atoms with E-state index >= 15 is 0 Å². The van der Waals surface area contributed by atoms with E-state index in [1.165, 1.54) is 5.56 Å². The van der Waals surface area contributed by atoms with Crippen molar-refractivity contribution in [3.05, 3.63) is 71.3 Å². The van der Waals surface area contributed by atoms with Gasteiger partial charge >= 0.3 is 0 Å². The molecule has 1 aliphatic heterocycles. The maximum absolute atomic E-state index is 12.9. The number of hydrogen-bond donors (Lipinski definition) is 4. The lowest BCUT2D eigenvalue weighted by atomic mass is 9.90. The number of tetrazole rings is 1. The highest BCUT2D eigenvalue weighted by molar-refractivity contribution is 5.83. The lowest BCUT2D eigenvalue weighted by Gasteiger charge is -2.34. The number of amides is 2. The van der Waals surface area contributed by atoms with Crippen molar-refractivity contribution in [3.8, 4) is 22.5 Å². The van der Waals surface area contributed by atoms with Crippen molar-refractivity contribution in [2.45, 2.75) is 96.6 Å². The van der Waals surface area contributed by atoms with E-state index in [-0.39, 0.29) is 36.7 Å². The summed E-state index contributed by atoms with van der Waals surface area (Å²) in [7, 11) is 0. The number of rotatable bonds is 14. The molecular formula is C33H43N9O2. The highest BCUT2D eigenvalue weighted by Crippen LogP contribution is 2.39. The summed E-state index contributed by atoms with van der Waals surface area (Å²) >= 11 is 0. The van der Waals surface area contributed by atoms with Crippen molar-refractivity contribution in [1.29, 1.82) is 0 Å². The first-order valence-electron chi connectivity index (χ1n) is 15.8. The number of benzene rings is 2. The van der Waals surface area contributed by atoms with Gasteiger partial charge in [-0.3, -0.25) is 15.0 Å². The smallest absolute Gasteiger partial charge is 0.234 e. The van der Waals surface area contributed by atoms with Crippen LogP contribution >= 0.6 is 0 Å². The summed E-state index contributed by atoms with van der Waals surface area (Å²) in [4.78, 5) is 29.7. The number of hydrazine groups is 1. The van der Waals surface area contributed by atoms with E-state index in [0.29, 0.717) is 5.82 Å². The number of aromatic amines is 1. The van der Waals surface area contributed by atoms with E-state index in [9.17, 15) is 9.59 Å². The Morgan fingerprint density at radius 2 is 1.68 bits per heavy atom. The molecule has 4 aromatic rings. The first kappa shape index (κ1) is 31.1. The summed E-state index contributed by atoms with van der Waals surface area (Å²) in [5.74, 6) is 6.41. The molecule has 2 aromatic carbocycles. The van der Waals surface area contributed by atoms with Crippen molar-refractivity contribution >= 4 is 11.8 Å². The van der Waals surface area contributed by atoms with Gasteiger partial charge in [-0.1, -0.05) is 75.2 Å². The first-order valence-corrected chi connectivity index (χ1v) is 15.8. The number of imidazole rings is 1. The number of unbranched alkanes of at least 4 members (excludes halogenated alkanes) is 2. The third kappa shape index (κ3) is 7.21. The molecule has 0 radical (unpaired) electrons. The van der Waals surface area contributed by atoms with Gasteiger partial charge in [0.1, 0.15) is 5.82 Å². The Hall–Kier alpha value is -4.38. The summed E-state index contributed by atoms with van der Waals surface area (Å²) in [6.07, 6.45) is 8.88. The molecule has 2 unspecified atom stereocenters. The molecule has 3 heterocycles.